The summed E-state index contributed by atoms with van der Waals surface area (Å²) >= 11 is 1.01. The second-order valence-electron chi connectivity index (χ2n) is 3.10. The van der Waals surface area contributed by atoms with Crippen molar-refractivity contribution in [2.45, 2.75) is 18.9 Å². The van der Waals surface area contributed by atoms with Gasteiger partial charge in [0.1, 0.15) is 16.4 Å². The maximum Gasteiger partial charge on any atom is 0.340 e. The van der Waals surface area contributed by atoms with Gasteiger partial charge < -0.3 is 10.8 Å². The number of aromatic carboxylic acids is 1. The lowest BCUT2D eigenvalue weighted by Gasteiger charge is -2.07. The fourth-order valence-electron chi connectivity index (χ4n) is 1.17. The van der Waals surface area contributed by atoms with Gasteiger partial charge in [-0.2, -0.15) is 0 Å². The molecule has 1 amide bonds. The first-order valence-corrected chi connectivity index (χ1v) is 5.40. The number of primary amides is 1. The van der Waals surface area contributed by atoms with E-state index in [1.807, 2.05) is 0 Å². The Hall–Kier alpha value is -1.63. The molecule has 0 aromatic carbocycles. The first kappa shape index (κ1) is 12.4. The summed E-state index contributed by atoms with van der Waals surface area (Å²) in [5.74, 6) is -1.16. The van der Waals surface area contributed by atoms with E-state index in [4.69, 9.17) is 10.8 Å². The van der Waals surface area contributed by atoms with Crippen molar-refractivity contribution < 1.29 is 14.7 Å². The second kappa shape index (κ2) is 4.93. The Morgan fingerprint density at radius 3 is 2.50 bits per heavy atom. The SMILES string of the molecule is Cc1nc(C)c(C(=O)O)c(SCC(N)=O)n1. The topological polar surface area (TPSA) is 106 Å². The van der Waals surface area contributed by atoms with Gasteiger partial charge in [-0.15, -0.1) is 0 Å². The summed E-state index contributed by atoms with van der Waals surface area (Å²) < 4.78 is 0. The number of aromatic nitrogens is 2. The van der Waals surface area contributed by atoms with E-state index in [2.05, 4.69) is 9.97 Å². The van der Waals surface area contributed by atoms with E-state index >= 15 is 0 Å². The van der Waals surface area contributed by atoms with E-state index < -0.39 is 11.9 Å². The number of nitrogens with zero attached hydrogens (tertiary/aromatic N) is 2. The maximum atomic E-state index is 11.0. The highest BCUT2D eigenvalue weighted by atomic mass is 32.2. The van der Waals surface area contributed by atoms with E-state index in [1.54, 1.807) is 13.8 Å². The van der Waals surface area contributed by atoms with Gasteiger partial charge in [-0.1, -0.05) is 11.8 Å². The molecule has 1 aromatic heterocycles. The molecular weight excluding hydrogens is 230 g/mol. The number of carboxylic acid groups (broad SMARTS) is 1. The minimum Gasteiger partial charge on any atom is -0.478 e. The van der Waals surface area contributed by atoms with Gasteiger partial charge in [0, 0.05) is 0 Å². The highest BCUT2D eigenvalue weighted by Crippen LogP contribution is 2.22. The molecule has 0 radical (unpaired) electrons. The molecule has 3 N–H and O–H groups in total. The number of amides is 1. The largest absolute Gasteiger partial charge is 0.478 e. The first-order chi connectivity index (χ1) is 7.41. The maximum absolute atomic E-state index is 11.0. The minimum atomic E-state index is -1.11. The number of hydrogen-bond donors (Lipinski definition) is 2. The predicted octanol–water partition coefficient (Wildman–Crippen LogP) is 0.369. The Morgan fingerprint density at radius 2 is 2.00 bits per heavy atom. The molecule has 7 heteroatoms. The number of hydrogen-bond acceptors (Lipinski definition) is 5. The van der Waals surface area contributed by atoms with E-state index in [-0.39, 0.29) is 16.3 Å². The summed E-state index contributed by atoms with van der Waals surface area (Å²) in [6.45, 7) is 3.25. The summed E-state index contributed by atoms with van der Waals surface area (Å²) in [7, 11) is 0. The van der Waals surface area contributed by atoms with Crippen molar-refractivity contribution in [1.29, 1.82) is 0 Å². The van der Waals surface area contributed by atoms with Crippen LogP contribution in [-0.2, 0) is 4.79 Å². The zero-order valence-corrected chi connectivity index (χ0v) is 9.67. The zero-order chi connectivity index (χ0) is 12.3. The molecule has 0 aliphatic rings. The standard InChI is InChI=1S/C9H11N3O3S/c1-4-7(9(14)15)8(12-5(2)11-4)16-3-6(10)13/h3H2,1-2H3,(H2,10,13)(H,14,15). The molecule has 1 aromatic rings. The molecule has 0 bridgehead atoms. The van der Waals surface area contributed by atoms with E-state index in [0.717, 1.165) is 11.8 Å². The van der Waals surface area contributed by atoms with Gasteiger partial charge in [0.2, 0.25) is 5.91 Å². The highest BCUT2D eigenvalue weighted by Gasteiger charge is 2.17. The molecule has 0 saturated carbocycles. The van der Waals surface area contributed by atoms with Crippen molar-refractivity contribution >= 4 is 23.6 Å². The van der Waals surface area contributed by atoms with Crippen LogP contribution in [0.15, 0.2) is 5.03 Å². The fourth-order valence-corrected chi connectivity index (χ4v) is 2.03. The van der Waals surface area contributed by atoms with E-state index in [9.17, 15) is 9.59 Å². The van der Waals surface area contributed by atoms with Crippen LogP contribution in [0.1, 0.15) is 21.9 Å². The Kier molecular flexibility index (Phi) is 3.83. The molecule has 0 saturated heterocycles. The van der Waals surface area contributed by atoms with E-state index in [1.165, 1.54) is 0 Å². The van der Waals surface area contributed by atoms with Gasteiger partial charge in [0.15, 0.2) is 0 Å². The summed E-state index contributed by atoms with van der Waals surface area (Å²) in [4.78, 5) is 29.6. The van der Waals surface area contributed by atoms with Crippen LogP contribution in [0.4, 0.5) is 0 Å². The van der Waals surface area contributed by atoms with Crippen LogP contribution >= 0.6 is 11.8 Å². The number of aryl methyl sites for hydroxylation is 2. The lowest BCUT2D eigenvalue weighted by Crippen LogP contribution is -2.15. The molecule has 0 atom stereocenters. The van der Waals surface area contributed by atoms with Crippen molar-refractivity contribution in [1.82, 2.24) is 9.97 Å². The Morgan fingerprint density at radius 1 is 1.38 bits per heavy atom. The van der Waals surface area contributed by atoms with Gasteiger partial charge in [-0.25, -0.2) is 14.8 Å². The van der Waals surface area contributed by atoms with Crippen LogP contribution in [0.2, 0.25) is 0 Å². The van der Waals surface area contributed by atoms with Gasteiger partial charge in [-0.3, -0.25) is 4.79 Å². The second-order valence-corrected chi connectivity index (χ2v) is 4.06. The summed E-state index contributed by atoms with van der Waals surface area (Å²) in [6, 6.07) is 0. The Labute approximate surface area is 96.3 Å². The fraction of sp³-hybridized carbons (Fsp3) is 0.333. The lowest BCUT2D eigenvalue weighted by atomic mass is 10.2. The third-order valence-electron chi connectivity index (χ3n) is 1.73. The lowest BCUT2D eigenvalue weighted by molar-refractivity contribution is -0.115. The van der Waals surface area contributed by atoms with Gasteiger partial charge >= 0.3 is 5.97 Å². The predicted molar refractivity (Wildman–Crippen MR) is 58.4 cm³/mol. The number of nitrogens with two attached hydrogens (primary N) is 1. The molecule has 86 valence electrons. The highest BCUT2D eigenvalue weighted by molar-refractivity contribution is 8.00. The van der Waals surface area contributed by atoms with Crippen molar-refractivity contribution in [3.05, 3.63) is 17.1 Å². The van der Waals surface area contributed by atoms with Crippen LogP contribution in [0.25, 0.3) is 0 Å². The minimum absolute atomic E-state index is 0.00380. The van der Waals surface area contributed by atoms with Gasteiger partial charge in [0.05, 0.1) is 11.4 Å². The third kappa shape index (κ3) is 2.93. The van der Waals surface area contributed by atoms with Gasteiger partial charge in [0.25, 0.3) is 0 Å². The van der Waals surface area contributed by atoms with Crippen molar-refractivity contribution in [2.75, 3.05) is 5.75 Å². The molecule has 0 spiro atoms. The molecule has 0 aliphatic heterocycles. The van der Waals surface area contributed by atoms with Crippen LogP contribution in [0, 0.1) is 13.8 Å². The van der Waals surface area contributed by atoms with Gasteiger partial charge in [-0.05, 0) is 13.8 Å². The van der Waals surface area contributed by atoms with Crippen LogP contribution in [0.3, 0.4) is 0 Å². The first-order valence-electron chi connectivity index (χ1n) is 4.41. The molecule has 1 heterocycles. The smallest absolute Gasteiger partial charge is 0.340 e. The van der Waals surface area contributed by atoms with Crippen molar-refractivity contribution in [3.63, 3.8) is 0 Å². The van der Waals surface area contributed by atoms with Crippen molar-refractivity contribution in [3.8, 4) is 0 Å². The Balaban J connectivity index is 3.13. The van der Waals surface area contributed by atoms with Crippen LogP contribution in [0.5, 0.6) is 0 Å². The molecule has 0 unspecified atom stereocenters. The molecule has 0 fully saturated rings. The average molecular weight is 241 g/mol. The number of carboxylic acids is 1. The van der Waals surface area contributed by atoms with Crippen LogP contribution < -0.4 is 5.73 Å². The normalized spacial score (nSPS) is 10.1. The molecular formula is C9H11N3O3S. The quantitative estimate of drug-likeness (QED) is 0.582. The number of thioether (sulfide) groups is 1. The zero-order valence-electron chi connectivity index (χ0n) is 8.85. The van der Waals surface area contributed by atoms with Crippen molar-refractivity contribution in [2.24, 2.45) is 5.73 Å². The number of carbonyl (C=O) groups is 2. The molecule has 6 nitrogen and oxygen atoms in total. The molecule has 0 aliphatic carbocycles. The number of carbonyl (C=O) groups excluding carboxylic acids is 1. The average Bonchev–Trinajstić information content (AvgIpc) is 2.12. The molecule has 16 heavy (non-hydrogen) atoms. The Bertz CT molecular complexity index is 448. The van der Waals surface area contributed by atoms with E-state index in [0.29, 0.717) is 11.5 Å². The summed E-state index contributed by atoms with van der Waals surface area (Å²) in [6.07, 6.45) is 0. The summed E-state index contributed by atoms with van der Waals surface area (Å²) in [5, 5.41) is 9.27. The monoisotopic (exact) mass is 241 g/mol. The van der Waals surface area contributed by atoms with Crippen LogP contribution in [-0.4, -0.2) is 32.7 Å². The summed E-state index contributed by atoms with van der Waals surface area (Å²) in [5.41, 5.74) is 5.40. The number of rotatable bonds is 4. The molecule has 1 rings (SSSR count). The third-order valence-corrected chi connectivity index (χ3v) is 2.73.